The van der Waals surface area contributed by atoms with Crippen LogP contribution < -0.4 is 4.74 Å². The summed E-state index contributed by atoms with van der Waals surface area (Å²) in [4.78, 5) is 10.5. The van der Waals surface area contributed by atoms with Gasteiger partial charge < -0.3 is 9.84 Å². The molecule has 0 atom stereocenters. The molecule has 0 aliphatic rings. The lowest BCUT2D eigenvalue weighted by Gasteiger charge is -2.07. The Labute approximate surface area is 122 Å². The van der Waals surface area contributed by atoms with Crippen LogP contribution in [0.25, 0.3) is 6.08 Å². The Hall–Kier alpha value is -2.26. The van der Waals surface area contributed by atoms with Crippen LogP contribution in [-0.2, 0) is 11.4 Å². The molecule has 2 aromatic carbocycles. The number of carboxylic acid groups (broad SMARTS) is 1. The molecule has 0 heterocycles. The van der Waals surface area contributed by atoms with Gasteiger partial charge in [0.2, 0.25) is 0 Å². The highest BCUT2D eigenvalue weighted by Gasteiger charge is 1.98. The highest BCUT2D eigenvalue weighted by molar-refractivity contribution is 6.30. The summed E-state index contributed by atoms with van der Waals surface area (Å²) >= 11 is 5.90. The van der Waals surface area contributed by atoms with E-state index < -0.39 is 5.97 Å². The fraction of sp³-hybridized carbons (Fsp3) is 0.0625. The molecule has 0 bridgehead atoms. The lowest BCUT2D eigenvalue weighted by atomic mass is 10.2. The second-order valence-electron chi connectivity index (χ2n) is 4.16. The van der Waals surface area contributed by atoms with Crippen molar-refractivity contribution in [3.63, 3.8) is 0 Å². The first-order chi connectivity index (χ1) is 9.63. The average Bonchev–Trinajstić information content (AvgIpc) is 2.43. The molecular weight excluding hydrogens is 276 g/mol. The van der Waals surface area contributed by atoms with Crippen LogP contribution >= 0.6 is 11.6 Å². The highest BCUT2D eigenvalue weighted by atomic mass is 35.5. The summed E-state index contributed by atoms with van der Waals surface area (Å²) in [6, 6.07) is 14.7. The van der Waals surface area contributed by atoms with Crippen LogP contribution in [0.1, 0.15) is 11.1 Å². The Kier molecular flexibility index (Phi) is 4.80. The van der Waals surface area contributed by atoms with Gasteiger partial charge in [-0.2, -0.15) is 0 Å². The van der Waals surface area contributed by atoms with E-state index in [0.29, 0.717) is 17.4 Å². The number of aliphatic carboxylic acids is 1. The standard InChI is InChI=1S/C16H13ClO3/c17-14-5-1-4-13(9-14)11-20-15-6-2-3-12(10-15)7-8-16(18)19/h1-10H,11H2,(H,18,19). The maximum absolute atomic E-state index is 10.5. The van der Waals surface area contributed by atoms with E-state index in [4.69, 9.17) is 21.4 Å². The zero-order chi connectivity index (χ0) is 14.4. The molecule has 102 valence electrons. The van der Waals surface area contributed by atoms with Crippen LogP contribution in [0.3, 0.4) is 0 Å². The van der Waals surface area contributed by atoms with E-state index in [1.807, 2.05) is 42.5 Å². The number of carbonyl (C=O) groups is 1. The predicted molar refractivity (Wildman–Crippen MR) is 78.9 cm³/mol. The number of hydrogen-bond acceptors (Lipinski definition) is 2. The molecule has 0 unspecified atom stereocenters. The molecule has 1 N–H and O–H groups in total. The van der Waals surface area contributed by atoms with Gasteiger partial charge in [-0.1, -0.05) is 35.9 Å². The smallest absolute Gasteiger partial charge is 0.328 e. The second kappa shape index (κ2) is 6.78. The summed E-state index contributed by atoms with van der Waals surface area (Å²) < 4.78 is 5.65. The summed E-state index contributed by atoms with van der Waals surface area (Å²) in [6.45, 7) is 0.409. The number of carboxylic acids is 1. The molecule has 0 radical (unpaired) electrons. The van der Waals surface area contributed by atoms with E-state index in [-0.39, 0.29) is 0 Å². The van der Waals surface area contributed by atoms with Gasteiger partial charge in [0.15, 0.2) is 0 Å². The van der Waals surface area contributed by atoms with Crippen molar-refractivity contribution in [2.24, 2.45) is 0 Å². The molecule has 0 spiro atoms. The van der Waals surface area contributed by atoms with Crippen LogP contribution in [0.4, 0.5) is 0 Å². The largest absolute Gasteiger partial charge is 0.489 e. The molecule has 2 aromatic rings. The number of halogens is 1. The van der Waals surface area contributed by atoms with Crippen molar-refractivity contribution >= 4 is 23.6 Å². The summed E-state index contributed by atoms with van der Waals surface area (Å²) in [5.41, 5.74) is 1.75. The van der Waals surface area contributed by atoms with Crippen molar-refractivity contribution in [1.82, 2.24) is 0 Å². The molecule has 20 heavy (non-hydrogen) atoms. The quantitative estimate of drug-likeness (QED) is 0.845. The maximum Gasteiger partial charge on any atom is 0.328 e. The van der Waals surface area contributed by atoms with Crippen LogP contribution in [0.5, 0.6) is 5.75 Å². The molecule has 2 rings (SSSR count). The van der Waals surface area contributed by atoms with E-state index in [0.717, 1.165) is 17.2 Å². The lowest BCUT2D eigenvalue weighted by molar-refractivity contribution is -0.131. The van der Waals surface area contributed by atoms with Gasteiger partial charge >= 0.3 is 5.97 Å². The van der Waals surface area contributed by atoms with Crippen molar-refractivity contribution in [3.05, 3.63) is 70.8 Å². The molecule has 3 nitrogen and oxygen atoms in total. The highest BCUT2D eigenvalue weighted by Crippen LogP contribution is 2.17. The number of rotatable bonds is 5. The minimum Gasteiger partial charge on any atom is -0.489 e. The van der Waals surface area contributed by atoms with Crippen LogP contribution in [-0.4, -0.2) is 11.1 Å². The normalized spacial score (nSPS) is 10.7. The van der Waals surface area contributed by atoms with Gasteiger partial charge in [-0.05, 0) is 41.5 Å². The first-order valence-corrected chi connectivity index (χ1v) is 6.39. The minimum absolute atomic E-state index is 0.409. The van der Waals surface area contributed by atoms with Crippen molar-refractivity contribution in [3.8, 4) is 5.75 Å². The van der Waals surface area contributed by atoms with Gasteiger partial charge in [0.1, 0.15) is 12.4 Å². The maximum atomic E-state index is 10.5. The third-order valence-electron chi connectivity index (χ3n) is 2.57. The first-order valence-electron chi connectivity index (χ1n) is 6.02. The van der Waals surface area contributed by atoms with E-state index in [1.54, 1.807) is 6.07 Å². The number of benzene rings is 2. The van der Waals surface area contributed by atoms with Gasteiger partial charge in [0.25, 0.3) is 0 Å². The fourth-order valence-corrected chi connectivity index (χ4v) is 1.88. The Morgan fingerprint density at radius 2 is 2.00 bits per heavy atom. The molecule has 4 heteroatoms. The minimum atomic E-state index is -0.977. The zero-order valence-electron chi connectivity index (χ0n) is 10.6. The third-order valence-corrected chi connectivity index (χ3v) is 2.81. The predicted octanol–water partition coefficient (Wildman–Crippen LogP) is 4.02. The molecule has 0 amide bonds. The number of ether oxygens (including phenoxy) is 1. The number of hydrogen-bond donors (Lipinski definition) is 1. The second-order valence-corrected chi connectivity index (χ2v) is 4.60. The Bertz CT molecular complexity index is 635. The van der Waals surface area contributed by atoms with Crippen LogP contribution in [0.15, 0.2) is 54.6 Å². The monoisotopic (exact) mass is 288 g/mol. The Morgan fingerprint density at radius 1 is 1.20 bits per heavy atom. The third kappa shape index (κ3) is 4.44. The molecule has 0 aliphatic heterocycles. The van der Waals surface area contributed by atoms with Crippen LogP contribution in [0, 0.1) is 0 Å². The van der Waals surface area contributed by atoms with E-state index in [2.05, 4.69) is 0 Å². The Morgan fingerprint density at radius 3 is 2.75 bits per heavy atom. The van der Waals surface area contributed by atoms with Crippen molar-refractivity contribution in [2.45, 2.75) is 6.61 Å². The summed E-state index contributed by atoms with van der Waals surface area (Å²) in [7, 11) is 0. The van der Waals surface area contributed by atoms with Crippen molar-refractivity contribution < 1.29 is 14.6 Å². The molecule has 0 fully saturated rings. The van der Waals surface area contributed by atoms with Gasteiger partial charge in [0.05, 0.1) is 0 Å². The average molecular weight is 289 g/mol. The van der Waals surface area contributed by atoms with E-state index >= 15 is 0 Å². The summed E-state index contributed by atoms with van der Waals surface area (Å²) in [5, 5.41) is 9.26. The zero-order valence-corrected chi connectivity index (χ0v) is 11.4. The van der Waals surface area contributed by atoms with Gasteiger partial charge in [-0.25, -0.2) is 4.79 Å². The summed E-state index contributed by atoms with van der Waals surface area (Å²) in [5.74, 6) is -0.298. The van der Waals surface area contributed by atoms with Gasteiger partial charge in [-0.3, -0.25) is 0 Å². The first kappa shape index (κ1) is 14.2. The lowest BCUT2D eigenvalue weighted by Crippen LogP contribution is -1.95. The van der Waals surface area contributed by atoms with Gasteiger partial charge in [0, 0.05) is 11.1 Å². The topological polar surface area (TPSA) is 46.5 Å². The van der Waals surface area contributed by atoms with E-state index in [9.17, 15) is 4.79 Å². The fourth-order valence-electron chi connectivity index (χ4n) is 1.67. The molecule has 0 saturated carbocycles. The van der Waals surface area contributed by atoms with E-state index in [1.165, 1.54) is 6.08 Å². The Balaban J connectivity index is 2.03. The molecule has 0 saturated heterocycles. The SMILES string of the molecule is O=C(O)C=Cc1cccc(OCc2cccc(Cl)c2)c1. The summed E-state index contributed by atoms with van der Waals surface area (Å²) in [6.07, 6.45) is 2.62. The molecule has 0 aliphatic carbocycles. The van der Waals surface area contributed by atoms with Crippen LogP contribution in [0.2, 0.25) is 5.02 Å². The molecule has 0 aromatic heterocycles. The van der Waals surface area contributed by atoms with Gasteiger partial charge in [-0.15, -0.1) is 0 Å². The van der Waals surface area contributed by atoms with Crippen molar-refractivity contribution in [2.75, 3.05) is 0 Å². The van der Waals surface area contributed by atoms with Crippen molar-refractivity contribution in [1.29, 1.82) is 0 Å². The molecular formula is C16H13ClO3.